The van der Waals surface area contributed by atoms with Crippen LogP contribution >= 0.6 is 0 Å². The second-order valence-electron chi connectivity index (χ2n) is 4.47. The fourth-order valence-electron chi connectivity index (χ4n) is 1.96. The van der Waals surface area contributed by atoms with Crippen molar-refractivity contribution >= 4 is 0 Å². The molecule has 0 spiro atoms. The van der Waals surface area contributed by atoms with Crippen LogP contribution in [-0.4, -0.2) is 30.3 Å². The van der Waals surface area contributed by atoms with Crippen LogP contribution in [0.25, 0.3) is 11.4 Å². The lowest BCUT2D eigenvalue weighted by Crippen LogP contribution is -2.43. The molecule has 5 heteroatoms. The van der Waals surface area contributed by atoms with E-state index in [1.54, 1.807) is 7.11 Å². The molecule has 0 aliphatic carbocycles. The first-order valence-corrected chi connectivity index (χ1v) is 6.03. The standard InChI is InChI=1S/C13H15N3O2/c1-17-11-4-2-3-10(6-11)13-15-12(18-16-13)5-9-7-14-8-9/h2-4,6,9,14H,5,7-8H2,1H3. The first kappa shape index (κ1) is 11.2. The van der Waals surface area contributed by atoms with E-state index in [4.69, 9.17) is 9.26 Å². The Morgan fingerprint density at radius 3 is 3.06 bits per heavy atom. The third kappa shape index (κ3) is 2.22. The average Bonchev–Trinajstić information content (AvgIpc) is 2.83. The van der Waals surface area contributed by atoms with Crippen molar-refractivity contribution in [2.75, 3.05) is 20.2 Å². The number of rotatable bonds is 4. The van der Waals surface area contributed by atoms with Crippen LogP contribution in [-0.2, 0) is 6.42 Å². The molecule has 1 saturated heterocycles. The molecule has 1 N–H and O–H groups in total. The molecular weight excluding hydrogens is 230 g/mol. The SMILES string of the molecule is COc1cccc(-c2noc(CC3CNC3)n2)c1. The van der Waals surface area contributed by atoms with Gasteiger partial charge >= 0.3 is 0 Å². The number of hydrogen-bond donors (Lipinski definition) is 1. The molecule has 0 bridgehead atoms. The van der Waals surface area contributed by atoms with Gasteiger partial charge in [0.25, 0.3) is 0 Å². The van der Waals surface area contributed by atoms with Crippen LogP contribution in [0.3, 0.4) is 0 Å². The average molecular weight is 245 g/mol. The molecule has 1 aromatic heterocycles. The van der Waals surface area contributed by atoms with E-state index in [1.165, 1.54) is 0 Å². The predicted molar refractivity (Wildman–Crippen MR) is 66.3 cm³/mol. The highest BCUT2D eigenvalue weighted by atomic mass is 16.5. The van der Waals surface area contributed by atoms with Crippen LogP contribution in [0.15, 0.2) is 28.8 Å². The lowest BCUT2D eigenvalue weighted by Gasteiger charge is -2.25. The maximum atomic E-state index is 5.27. The zero-order chi connectivity index (χ0) is 12.4. The van der Waals surface area contributed by atoms with Crippen LogP contribution in [0.5, 0.6) is 5.75 Å². The maximum Gasteiger partial charge on any atom is 0.227 e. The Kier molecular flexibility index (Phi) is 2.98. The summed E-state index contributed by atoms with van der Waals surface area (Å²) in [4.78, 5) is 4.42. The van der Waals surface area contributed by atoms with Crippen molar-refractivity contribution in [3.63, 3.8) is 0 Å². The van der Waals surface area contributed by atoms with Crippen LogP contribution < -0.4 is 10.1 Å². The molecule has 0 atom stereocenters. The number of aromatic nitrogens is 2. The Morgan fingerprint density at radius 1 is 1.44 bits per heavy atom. The van der Waals surface area contributed by atoms with Crippen LogP contribution in [0.1, 0.15) is 5.89 Å². The van der Waals surface area contributed by atoms with Gasteiger partial charge in [0.2, 0.25) is 11.7 Å². The second kappa shape index (κ2) is 4.78. The quantitative estimate of drug-likeness (QED) is 0.884. The molecule has 0 radical (unpaired) electrons. The number of ether oxygens (including phenoxy) is 1. The Morgan fingerprint density at radius 2 is 2.33 bits per heavy atom. The fraction of sp³-hybridized carbons (Fsp3) is 0.385. The second-order valence-corrected chi connectivity index (χ2v) is 4.47. The summed E-state index contributed by atoms with van der Waals surface area (Å²) in [5.41, 5.74) is 0.913. The molecule has 18 heavy (non-hydrogen) atoms. The van der Waals surface area contributed by atoms with Crippen molar-refractivity contribution in [3.8, 4) is 17.1 Å². The van der Waals surface area contributed by atoms with Gasteiger partial charge in [-0.2, -0.15) is 4.98 Å². The minimum absolute atomic E-state index is 0.621. The molecule has 1 fully saturated rings. The van der Waals surface area contributed by atoms with Gasteiger partial charge in [-0.15, -0.1) is 0 Å². The number of nitrogens with one attached hydrogen (secondary N) is 1. The van der Waals surface area contributed by atoms with Gasteiger partial charge < -0.3 is 14.6 Å². The maximum absolute atomic E-state index is 5.27. The topological polar surface area (TPSA) is 60.2 Å². The van der Waals surface area contributed by atoms with E-state index in [-0.39, 0.29) is 0 Å². The highest BCUT2D eigenvalue weighted by Crippen LogP contribution is 2.22. The van der Waals surface area contributed by atoms with Gasteiger partial charge in [-0.1, -0.05) is 17.3 Å². The van der Waals surface area contributed by atoms with E-state index in [2.05, 4.69) is 15.5 Å². The summed E-state index contributed by atoms with van der Waals surface area (Å²) in [6.45, 7) is 2.08. The van der Waals surface area contributed by atoms with Gasteiger partial charge in [-0.3, -0.25) is 0 Å². The summed E-state index contributed by atoms with van der Waals surface area (Å²) in [5.74, 6) is 2.75. The number of benzene rings is 1. The number of methoxy groups -OCH3 is 1. The van der Waals surface area contributed by atoms with Crippen molar-refractivity contribution < 1.29 is 9.26 Å². The molecule has 0 saturated carbocycles. The summed E-state index contributed by atoms with van der Waals surface area (Å²) in [5, 5.41) is 7.24. The minimum Gasteiger partial charge on any atom is -0.497 e. The van der Waals surface area contributed by atoms with E-state index in [0.717, 1.165) is 30.8 Å². The monoisotopic (exact) mass is 245 g/mol. The summed E-state index contributed by atoms with van der Waals surface area (Å²) in [6, 6.07) is 7.66. The molecule has 2 aromatic rings. The van der Waals surface area contributed by atoms with Gasteiger partial charge in [0.1, 0.15) is 5.75 Å². The fourth-order valence-corrected chi connectivity index (χ4v) is 1.96. The first-order chi connectivity index (χ1) is 8.85. The Hall–Kier alpha value is -1.88. The molecule has 1 aliphatic rings. The van der Waals surface area contributed by atoms with Gasteiger partial charge in [0.05, 0.1) is 7.11 Å². The Labute approximate surface area is 105 Å². The third-order valence-electron chi connectivity index (χ3n) is 3.13. The Bertz CT molecular complexity index is 535. The van der Waals surface area contributed by atoms with Crippen molar-refractivity contribution in [1.82, 2.24) is 15.5 Å². The van der Waals surface area contributed by atoms with E-state index >= 15 is 0 Å². The smallest absolute Gasteiger partial charge is 0.227 e. The van der Waals surface area contributed by atoms with Gasteiger partial charge in [-0.25, -0.2) is 0 Å². The number of nitrogens with zero attached hydrogens (tertiary/aromatic N) is 2. The first-order valence-electron chi connectivity index (χ1n) is 6.03. The molecule has 3 rings (SSSR count). The van der Waals surface area contributed by atoms with E-state index < -0.39 is 0 Å². The van der Waals surface area contributed by atoms with E-state index in [1.807, 2.05) is 24.3 Å². The van der Waals surface area contributed by atoms with Crippen molar-refractivity contribution in [1.29, 1.82) is 0 Å². The largest absolute Gasteiger partial charge is 0.497 e. The minimum atomic E-state index is 0.621. The molecule has 1 aromatic carbocycles. The predicted octanol–water partition coefficient (Wildman–Crippen LogP) is 1.51. The van der Waals surface area contributed by atoms with Crippen LogP contribution in [0.2, 0.25) is 0 Å². The van der Waals surface area contributed by atoms with E-state index in [0.29, 0.717) is 17.6 Å². The molecule has 1 aliphatic heterocycles. The van der Waals surface area contributed by atoms with Gasteiger partial charge in [0, 0.05) is 12.0 Å². The summed E-state index contributed by atoms with van der Waals surface area (Å²) in [6.07, 6.45) is 0.851. The van der Waals surface area contributed by atoms with Crippen molar-refractivity contribution in [2.24, 2.45) is 5.92 Å². The van der Waals surface area contributed by atoms with Crippen molar-refractivity contribution in [3.05, 3.63) is 30.2 Å². The van der Waals surface area contributed by atoms with Crippen molar-refractivity contribution in [2.45, 2.75) is 6.42 Å². The van der Waals surface area contributed by atoms with Gasteiger partial charge in [0.15, 0.2) is 0 Å². The van der Waals surface area contributed by atoms with Gasteiger partial charge in [-0.05, 0) is 31.1 Å². The molecule has 0 amide bonds. The Balaban J connectivity index is 1.78. The highest BCUT2D eigenvalue weighted by molar-refractivity contribution is 5.56. The van der Waals surface area contributed by atoms with Crippen LogP contribution in [0.4, 0.5) is 0 Å². The highest BCUT2D eigenvalue weighted by Gasteiger charge is 2.20. The lowest BCUT2D eigenvalue weighted by atomic mass is 10.00. The molecule has 0 unspecified atom stereocenters. The third-order valence-corrected chi connectivity index (χ3v) is 3.13. The molecule has 94 valence electrons. The summed E-state index contributed by atoms with van der Waals surface area (Å²) in [7, 11) is 1.64. The summed E-state index contributed by atoms with van der Waals surface area (Å²) < 4.78 is 10.4. The van der Waals surface area contributed by atoms with Crippen LogP contribution in [0, 0.1) is 5.92 Å². The molecular formula is C13H15N3O2. The normalized spacial score (nSPS) is 15.4. The molecule has 5 nitrogen and oxygen atoms in total. The lowest BCUT2D eigenvalue weighted by molar-refractivity contribution is 0.296. The van der Waals surface area contributed by atoms with E-state index in [9.17, 15) is 0 Å². The summed E-state index contributed by atoms with van der Waals surface area (Å²) >= 11 is 0. The zero-order valence-electron chi connectivity index (χ0n) is 10.2. The number of hydrogen-bond acceptors (Lipinski definition) is 5. The zero-order valence-corrected chi connectivity index (χ0v) is 10.2. The molecule has 2 heterocycles.